The highest BCUT2D eigenvalue weighted by Gasteiger charge is 2.09. The molecule has 0 saturated carbocycles. The van der Waals surface area contributed by atoms with Gasteiger partial charge in [-0.2, -0.15) is 0 Å². The highest BCUT2D eigenvalue weighted by molar-refractivity contribution is 7.13. The molecule has 1 aromatic carbocycles. The number of carbonyl (C=O) groups is 1. The summed E-state index contributed by atoms with van der Waals surface area (Å²) >= 11 is 1.54. The van der Waals surface area contributed by atoms with Crippen molar-refractivity contribution in [3.63, 3.8) is 0 Å². The summed E-state index contributed by atoms with van der Waals surface area (Å²) in [5.41, 5.74) is 1.15. The Hall–Kier alpha value is -2.67. The lowest BCUT2D eigenvalue weighted by atomic mass is 10.2. The first-order valence-corrected chi connectivity index (χ1v) is 8.41. The molecule has 7 heteroatoms. The number of aromatic nitrogens is 2. The molecule has 0 unspecified atom stereocenters. The smallest absolute Gasteiger partial charge is 0.257 e. The van der Waals surface area contributed by atoms with E-state index in [0.29, 0.717) is 30.5 Å². The van der Waals surface area contributed by atoms with Crippen molar-refractivity contribution in [1.82, 2.24) is 15.5 Å². The summed E-state index contributed by atoms with van der Waals surface area (Å²) in [4.78, 5) is 12.7. The summed E-state index contributed by atoms with van der Waals surface area (Å²) in [6, 6.07) is 11.4. The SMILES string of the molecule is Cc1ccc(OCC(=O)NCCc2nnc(-c3cccs3)o2)cc1. The predicted molar refractivity (Wildman–Crippen MR) is 91.0 cm³/mol. The van der Waals surface area contributed by atoms with Crippen molar-refractivity contribution in [2.45, 2.75) is 13.3 Å². The van der Waals surface area contributed by atoms with Crippen molar-refractivity contribution in [3.8, 4) is 16.5 Å². The molecule has 0 aliphatic rings. The first kappa shape index (κ1) is 16.2. The van der Waals surface area contributed by atoms with Crippen LogP contribution < -0.4 is 10.1 Å². The number of nitrogens with zero attached hydrogens (tertiary/aromatic N) is 2. The number of nitrogens with one attached hydrogen (secondary N) is 1. The van der Waals surface area contributed by atoms with E-state index in [-0.39, 0.29) is 12.5 Å². The van der Waals surface area contributed by atoms with Crippen molar-refractivity contribution >= 4 is 17.2 Å². The number of carbonyl (C=O) groups excluding carboxylic acids is 1. The van der Waals surface area contributed by atoms with Gasteiger partial charge in [-0.1, -0.05) is 23.8 Å². The number of ether oxygens (including phenoxy) is 1. The highest BCUT2D eigenvalue weighted by Crippen LogP contribution is 2.22. The lowest BCUT2D eigenvalue weighted by Crippen LogP contribution is -2.30. The average molecular weight is 343 g/mol. The molecule has 1 amide bonds. The molecule has 0 fully saturated rings. The van der Waals surface area contributed by atoms with E-state index in [9.17, 15) is 4.79 Å². The second-order valence-electron chi connectivity index (χ2n) is 5.18. The minimum absolute atomic E-state index is 0.0205. The number of thiophene rings is 1. The van der Waals surface area contributed by atoms with Gasteiger partial charge in [0, 0.05) is 13.0 Å². The third-order valence-electron chi connectivity index (χ3n) is 3.25. The Kier molecular flexibility index (Phi) is 5.22. The lowest BCUT2D eigenvalue weighted by Gasteiger charge is -2.06. The second-order valence-corrected chi connectivity index (χ2v) is 6.13. The van der Waals surface area contributed by atoms with Gasteiger partial charge < -0.3 is 14.5 Å². The van der Waals surface area contributed by atoms with Crippen LogP contribution in [0, 0.1) is 6.92 Å². The summed E-state index contributed by atoms with van der Waals surface area (Å²) in [7, 11) is 0. The fraction of sp³-hybridized carbons (Fsp3) is 0.235. The molecule has 0 radical (unpaired) electrons. The molecule has 2 heterocycles. The molecule has 0 saturated heterocycles. The quantitative estimate of drug-likeness (QED) is 0.714. The van der Waals surface area contributed by atoms with E-state index >= 15 is 0 Å². The zero-order valence-corrected chi connectivity index (χ0v) is 14.0. The molecule has 3 aromatic rings. The van der Waals surface area contributed by atoms with Crippen LogP contribution in [0.5, 0.6) is 5.75 Å². The minimum atomic E-state index is -0.187. The zero-order valence-electron chi connectivity index (χ0n) is 13.2. The Labute approximate surface area is 143 Å². The first-order chi connectivity index (χ1) is 11.7. The fourth-order valence-corrected chi connectivity index (χ4v) is 2.64. The Morgan fingerprint density at radius 3 is 2.83 bits per heavy atom. The predicted octanol–water partition coefficient (Wildman–Crippen LogP) is 2.84. The van der Waals surface area contributed by atoms with Gasteiger partial charge in [-0.25, -0.2) is 0 Å². The Morgan fingerprint density at radius 2 is 2.08 bits per heavy atom. The van der Waals surface area contributed by atoms with E-state index in [1.807, 2.05) is 48.7 Å². The van der Waals surface area contributed by atoms with Crippen LogP contribution in [-0.4, -0.2) is 29.3 Å². The van der Waals surface area contributed by atoms with E-state index in [4.69, 9.17) is 9.15 Å². The summed E-state index contributed by atoms with van der Waals surface area (Å²) in [5.74, 6) is 1.49. The molecule has 124 valence electrons. The molecular formula is C17H17N3O3S. The molecule has 6 nitrogen and oxygen atoms in total. The van der Waals surface area contributed by atoms with Crippen molar-refractivity contribution in [1.29, 1.82) is 0 Å². The van der Waals surface area contributed by atoms with Crippen LogP contribution >= 0.6 is 11.3 Å². The Balaban J connectivity index is 1.40. The van der Waals surface area contributed by atoms with Crippen LogP contribution in [-0.2, 0) is 11.2 Å². The van der Waals surface area contributed by atoms with E-state index < -0.39 is 0 Å². The standard InChI is InChI=1S/C17H17N3O3S/c1-12-4-6-13(7-5-12)22-11-15(21)18-9-8-16-19-20-17(23-16)14-3-2-10-24-14/h2-7,10H,8-9,11H2,1H3,(H,18,21). The molecule has 0 aliphatic carbocycles. The molecular weight excluding hydrogens is 326 g/mol. The number of benzene rings is 1. The van der Waals surface area contributed by atoms with E-state index in [1.165, 1.54) is 0 Å². The normalized spacial score (nSPS) is 10.5. The number of amides is 1. The Morgan fingerprint density at radius 1 is 1.25 bits per heavy atom. The van der Waals surface area contributed by atoms with E-state index in [0.717, 1.165) is 10.4 Å². The number of hydrogen-bond donors (Lipinski definition) is 1. The van der Waals surface area contributed by atoms with Crippen LogP contribution in [0.25, 0.3) is 10.8 Å². The van der Waals surface area contributed by atoms with Gasteiger partial charge in [0.1, 0.15) is 5.75 Å². The number of hydrogen-bond acceptors (Lipinski definition) is 6. The van der Waals surface area contributed by atoms with Crippen LogP contribution in [0.2, 0.25) is 0 Å². The van der Waals surface area contributed by atoms with Gasteiger partial charge in [-0.05, 0) is 30.5 Å². The summed E-state index contributed by atoms with van der Waals surface area (Å²) in [6.45, 7) is 2.40. The first-order valence-electron chi connectivity index (χ1n) is 7.53. The summed E-state index contributed by atoms with van der Waals surface area (Å²) in [5, 5.41) is 12.7. The summed E-state index contributed by atoms with van der Waals surface area (Å²) < 4.78 is 11.0. The zero-order chi connectivity index (χ0) is 16.8. The average Bonchev–Trinajstić information content (AvgIpc) is 3.25. The molecule has 0 spiro atoms. The highest BCUT2D eigenvalue weighted by atomic mass is 32.1. The van der Waals surface area contributed by atoms with E-state index in [2.05, 4.69) is 15.5 Å². The van der Waals surface area contributed by atoms with Crippen molar-refractivity contribution in [2.75, 3.05) is 13.2 Å². The van der Waals surface area contributed by atoms with Crippen molar-refractivity contribution in [2.24, 2.45) is 0 Å². The Bertz CT molecular complexity index is 782. The van der Waals surface area contributed by atoms with Gasteiger partial charge >= 0.3 is 0 Å². The molecule has 0 bridgehead atoms. The van der Waals surface area contributed by atoms with Gasteiger partial charge in [-0.15, -0.1) is 21.5 Å². The topological polar surface area (TPSA) is 77.2 Å². The monoisotopic (exact) mass is 343 g/mol. The van der Waals surface area contributed by atoms with Crippen LogP contribution in [0.1, 0.15) is 11.5 Å². The van der Waals surface area contributed by atoms with Crippen molar-refractivity contribution in [3.05, 3.63) is 53.2 Å². The van der Waals surface area contributed by atoms with Gasteiger partial charge in [0.15, 0.2) is 6.61 Å². The molecule has 0 aliphatic heterocycles. The fourth-order valence-electron chi connectivity index (χ4n) is 2.00. The van der Waals surface area contributed by atoms with E-state index in [1.54, 1.807) is 11.3 Å². The molecule has 2 aromatic heterocycles. The third-order valence-corrected chi connectivity index (χ3v) is 4.11. The number of rotatable bonds is 7. The summed E-state index contributed by atoms with van der Waals surface area (Å²) in [6.07, 6.45) is 0.481. The third kappa shape index (κ3) is 4.42. The van der Waals surface area contributed by atoms with Crippen LogP contribution in [0.3, 0.4) is 0 Å². The molecule has 24 heavy (non-hydrogen) atoms. The maximum atomic E-state index is 11.8. The van der Waals surface area contributed by atoms with Gasteiger partial charge in [0.05, 0.1) is 4.88 Å². The lowest BCUT2D eigenvalue weighted by molar-refractivity contribution is -0.123. The minimum Gasteiger partial charge on any atom is -0.484 e. The van der Waals surface area contributed by atoms with Crippen molar-refractivity contribution < 1.29 is 13.9 Å². The number of aryl methyl sites for hydroxylation is 1. The maximum Gasteiger partial charge on any atom is 0.257 e. The molecule has 1 N–H and O–H groups in total. The largest absolute Gasteiger partial charge is 0.484 e. The van der Waals surface area contributed by atoms with Gasteiger partial charge in [-0.3, -0.25) is 4.79 Å². The molecule has 3 rings (SSSR count). The van der Waals surface area contributed by atoms with Crippen LogP contribution in [0.15, 0.2) is 46.2 Å². The van der Waals surface area contributed by atoms with Gasteiger partial charge in [0.25, 0.3) is 11.8 Å². The van der Waals surface area contributed by atoms with Gasteiger partial charge in [0.2, 0.25) is 5.89 Å². The maximum absolute atomic E-state index is 11.8. The second kappa shape index (κ2) is 7.74. The van der Waals surface area contributed by atoms with Crippen LogP contribution in [0.4, 0.5) is 0 Å². The molecule has 0 atom stereocenters.